The normalized spacial score (nSPS) is 17.2. The van der Waals surface area contributed by atoms with Gasteiger partial charge >= 0.3 is 0 Å². The van der Waals surface area contributed by atoms with Gasteiger partial charge in [0.2, 0.25) is 15.9 Å². The molecular formula is C17H27N3O3S. The highest BCUT2D eigenvalue weighted by Crippen LogP contribution is 2.25. The summed E-state index contributed by atoms with van der Waals surface area (Å²) in [5.74, 6) is 0.994. The lowest BCUT2D eigenvalue weighted by Crippen LogP contribution is -2.32. The summed E-state index contributed by atoms with van der Waals surface area (Å²) in [5.41, 5.74) is 1.18. The number of carbonyl (C=O) groups is 1. The lowest BCUT2D eigenvalue weighted by Gasteiger charge is -2.27. The van der Waals surface area contributed by atoms with Crippen LogP contribution in [-0.4, -0.2) is 33.2 Å². The van der Waals surface area contributed by atoms with Crippen molar-refractivity contribution in [2.75, 3.05) is 28.9 Å². The highest BCUT2D eigenvalue weighted by Gasteiger charge is 2.22. The van der Waals surface area contributed by atoms with E-state index in [1.54, 1.807) is 31.2 Å². The fraction of sp³-hybridized carbons (Fsp3) is 0.588. The number of nitrogens with one attached hydrogen (secondary N) is 3. The smallest absolute Gasteiger partial charge is 0.232 e. The van der Waals surface area contributed by atoms with Crippen molar-refractivity contribution in [1.82, 2.24) is 5.32 Å². The van der Waals surface area contributed by atoms with Gasteiger partial charge in [0.15, 0.2) is 0 Å². The minimum absolute atomic E-state index is 0.00271. The van der Waals surface area contributed by atoms with Crippen molar-refractivity contribution in [3.8, 4) is 0 Å². The quantitative estimate of drug-likeness (QED) is 0.702. The van der Waals surface area contributed by atoms with Crippen LogP contribution >= 0.6 is 0 Å². The van der Waals surface area contributed by atoms with Crippen molar-refractivity contribution >= 4 is 27.3 Å². The molecule has 1 saturated heterocycles. The molecule has 1 atom stereocenters. The van der Waals surface area contributed by atoms with Crippen molar-refractivity contribution in [1.29, 1.82) is 0 Å². The molecule has 7 heteroatoms. The Morgan fingerprint density at radius 1 is 1.21 bits per heavy atom. The molecular weight excluding hydrogens is 326 g/mol. The van der Waals surface area contributed by atoms with Crippen LogP contribution in [0.5, 0.6) is 0 Å². The first-order valence-electron chi connectivity index (χ1n) is 8.50. The van der Waals surface area contributed by atoms with Gasteiger partial charge in [-0.05, 0) is 69.0 Å². The molecule has 0 bridgehead atoms. The Morgan fingerprint density at radius 3 is 2.38 bits per heavy atom. The third kappa shape index (κ3) is 5.79. The van der Waals surface area contributed by atoms with E-state index in [-0.39, 0.29) is 11.7 Å². The third-order valence-electron chi connectivity index (χ3n) is 4.52. The molecule has 1 fully saturated rings. The van der Waals surface area contributed by atoms with Crippen LogP contribution in [0.15, 0.2) is 24.3 Å². The first-order valence-corrected chi connectivity index (χ1v) is 10.2. The minimum atomic E-state index is -3.28. The van der Waals surface area contributed by atoms with E-state index >= 15 is 0 Å². The fourth-order valence-electron chi connectivity index (χ4n) is 2.96. The second-order valence-corrected chi connectivity index (χ2v) is 8.41. The van der Waals surface area contributed by atoms with Gasteiger partial charge in [-0.1, -0.05) is 6.92 Å². The van der Waals surface area contributed by atoms with E-state index in [2.05, 4.69) is 22.3 Å². The lowest BCUT2D eigenvalue weighted by atomic mass is 9.84. The molecule has 0 aliphatic carbocycles. The molecule has 1 aromatic rings. The van der Waals surface area contributed by atoms with E-state index in [1.165, 1.54) is 0 Å². The summed E-state index contributed by atoms with van der Waals surface area (Å²) in [6.07, 6.45) is 2.76. The Hall–Kier alpha value is -1.60. The van der Waals surface area contributed by atoms with Gasteiger partial charge in [-0.15, -0.1) is 0 Å². The number of hydrogen-bond donors (Lipinski definition) is 3. The van der Waals surface area contributed by atoms with Gasteiger partial charge in [-0.2, -0.15) is 0 Å². The SMILES string of the molecule is CCS(=O)(=O)Nc1ccc(NC(=O)CC(C)C2CCNCC2)cc1. The van der Waals surface area contributed by atoms with Crippen LogP contribution in [0.4, 0.5) is 11.4 Å². The van der Waals surface area contributed by atoms with Crippen LogP contribution in [0.25, 0.3) is 0 Å². The van der Waals surface area contributed by atoms with Gasteiger partial charge in [-0.25, -0.2) is 8.42 Å². The summed E-state index contributed by atoms with van der Waals surface area (Å²) in [7, 11) is -3.28. The summed E-state index contributed by atoms with van der Waals surface area (Å²) in [5, 5.41) is 6.22. The third-order valence-corrected chi connectivity index (χ3v) is 5.82. The van der Waals surface area contributed by atoms with E-state index in [0.29, 0.717) is 29.6 Å². The number of amides is 1. The van der Waals surface area contributed by atoms with Crippen LogP contribution in [0, 0.1) is 11.8 Å². The monoisotopic (exact) mass is 353 g/mol. The second-order valence-electron chi connectivity index (χ2n) is 6.40. The molecule has 0 spiro atoms. The molecule has 1 aliphatic heterocycles. The number of rotatable bonds is 7. The van der Waals surface area contributed by atoms with Gasteiger partial charge in [-0.3, -0.25) is 9.52 Å². The van der Waals surface area contributed by atoms with Crippen LogP contribution in [-0.2, 0) is 14.8 Å². The molecule has 1 unspecified atom stereocenters. The largest absolute Gasteiger partial charge is 0.326 e. The van der Waals surface area contributed by atoms with Crippen molar-refractivity contribution in [2.45, 2.75) is 33.1 Å². The van der Waals surface area contributed by atoms with Gasteiger partial charge in [0, 0.05) is 17.8 Å². The Bertz CT molecular complexity index is 638. The van der Waals surface area contributed by atoms with Crippen LogP contribution in [0.2, 0.25) is 0 Å². The standard InChI is InChI=1S/C17H27N3O3S/c1-3-24(22,23)20-16-6-4-15(5-7-16)19-17(21)12-13(2)14-8-10-18-11-9-14/h4-7,13-14,18,20H,3,8-12H2,1-2H3,(H,19,21). The zero-order valence-electron chi connectivity index (χ0n) is 14.3. The van der Waals surface area contributed by atoms with E-state index in [1.807, 2.05) is 0 Å². The molecule has 0 saturated carbocycles. The predicted molar refractivity (Wildman–Crippen MR) is 97.5 cm³/mol. The predicted octanol–water partition coefficient (Wildman–Crippen LogP) is 2.41. The molecule has 134 valence electrons. The van der Waals surface area contributed by atoms with E-state index < -0.39 is 10.0 Å². The number of sulfonamides is 1. The zero-order chi connectivity index (χ0) is 17.6. The molecule has 1 aliphatic rings. The Kier molecular flexibility index (Phi) is 6.62. The molecule has 1 aromatic carbocycles. The van der Waals surface area contributed by atoms with Crippen molar-refractivity contribution in [3.63, 3.8) is 0 Å². The molecule has 2 rings (SSSR count). The molecule has 6 nitrogen and oxygen atoms in total. The molecule has 1 amide bonds. The van der Waals surface area contributed by atoms with E-state index in [4.69, 9.17) is 0 Å². The van der Waals surface area contributed by atoms with Crippen molar-refractivity contribution in [2.24, 2.45) is 11.8 Å². The van der Waals surface area contributed by atoms with Crippen LogP contribution < -0.4 is 15.4 Å². The Balaban J connectivity index is 1.85. The number of piperidine rings is 1. The minimum Gasteiger partial charge on any atom is -0.326 e. The summed E-state index contributed by atoms with van der Waals surface area (Å²) in [6.45, 7) is 5.79. The topological polar surface area (TPSA) is 87.3 Å². The van der Waals surface area contributed by atoms with E-state index in [9.17, 15) is 13.2 Å². The maximum absolute atomic E-state index is 12.2. The first-order chi connectivity index (χ1) is 11.4. The molecule has 3 N–H and O–H groups in total. The zero-order valence-corrected chi connectivity index (χ0v) is 15.2. The van der Waals surface area contributed by atoms with E-state index in [0.717, 1.165) is 25.9 Å². The average Bonchev–Trinajstić information content (AvgIpc) is 2.57. The van der Waals surface area contributed by atoms with Crippen molar-refractivity contribution in [3.05, 3.63) is 24.3 Å². The van der Waals surface area contributed by atoms with Gasteiger partial charge in [0.05, 0.1) is 5.75 Å². The van der Waals surface area contributed by atoms with Gasteiger partial charge < -0.3 is 10.6 Å². The lowest BCUT2D eigenvalue weighted by molar-refractivity contribution is -0.117. The molecule has 0 radical (unpaired) electrons. The number of benzene rings is 1. The summed E-state index contributed by atoms with van der Waals surface area (Å²) in [6, 6.07) is 6.72. The number of carbonyl (C=O) groups excluding carboxylic acids is 1. The maximum atomic E-state index is 12.2. The molecule has 0 aromatic heterocycles. The van der Waals surface area contributed by atoms with Gasteiger partial charge in [0.25, 0.3) is 0 Å². The Labute approximate surface area is 144 Å². The number of anilines is 2. The summed E-state index contributed by atoms with van der Waals surface area (Å²) < 4.78 is 25.5. The second kappa shape index (κ2) is 8.48. The van der Waals surface area contributed by atoms with Crippen molar-refractivity contribution < 1.29 is 13.2 Å². The van der Waals surface area contributed by atoms with Crippen LogP contribution in [0.3, 0.4) is 0 Å². The highest BCUT2D eigenvalue weighted by molar-refractivity contribution is 7.92. The fourth-order valence-corrected chi connectivity index (χ4v) is 3.60. The Morgan fingerprint density at radius 2 is 1.79 bits per heavy atom. The first kappa shape index (κ1) is 18.7. The maximum Gasteiger partial charge on any atom is 0.232 e. The number of hydrogen-bond acceptors (Lipinski definition) is 4. The van der Waals surface area contributed by atoms with Gasteiger partial charge in [0.1, 0.15) is 0 Å². The highest BCUT2D eigenvalue weighted by atomic mass is 32.2. The molecule has 1 heterocycles. The van der Waals surface area contributed by atoms with Crippen LogP contribution in [0.1, 0.15) is 33.1 Å². The summed E-state index contributed by atoms with van der Waals surface area (Å²) >= 11 is 0. The average molecular weight is 353 g/mol. The summed E-state index contributed by atoms with van der Waals surface area (Å²) in [4.78, 5) is 12.2. The molecule has 24 heavy (non-hydrogen) atoms.